The Morgan fingerprint density at radius 1 is 1.33 bits per heavy atom. The molecule has 21 heavy (non-hydrogen) atoms. The summed E-state index contributed by atoms with van der Waals surface area (Å²) in [6.07, 6.45) is 5.68. The van der Waals surface area contributed by atoms with Crippen LogP contribution in [-0.4, -0.2) is 35.7 Å². The lowest BCUT2D eigenvalue weighted by Crippen LogP contribution is -2.19. The van der Waals surface area contributed by atoms with Gasteiger partial charge in [0.15, 0.2) is 11.5 Å². The van der Waals surface area contributed by atoms with Gasteiger partial charge in [0.1, 0.15) is 0 Å². The van der Waals surface area contributed by atoms with Gasteiger partial charge in [0, 0.05) is 25.1 Å². The Morgan fingerprint density at radius 2 is 2.05 bits per heavy atom. The van der Waals surface area contributed by atoms with Gasteiger partial charge in [-0.1, -0.05) is 12.2 Å². The topological polar surface area (TPSA) is 95.9 Å². The van der Waals surface area contributed by atoms with Crippen molar-refractivity contribution in [3.63, 3.8) is 0 Å². The van der Waals surface area contributed by atoms with E-state index in [-0.39, 0.29) is 17.4 Å². The largest absolute Gasteiger partial charge is 0.504 e. The molecule has 6 nitrogen and oxygen atoms in total. The molecule has 0 fully saturated rings. The van der Waals surface area contributed by atoms with Crippen LogP contribution in [0.5, 0.6) is 11.5 Å². The Labute approximate surface area is 122 Å². The molecular weight excluding hydrogens is 274 g/mol. The van der Waals surface area contributed by atoms with Gasteiger partial charge in [0.25, 0.3) is 0 Å². The van der Waals surface area contributed by atoms with Gasteiger partial charge in [0.05, 0.1) is 7.11 Å². The highest BCUT2D eigenvalue weighted by molar-refractivity contribution is 5.85. The number of carbonyl (C=O) groups excluding carboxylic acids is 1. The minimum atomic E-state index is -1.07. The summed E-state index contributed by atoms with van der Waals surface area (Å²) in [5.41, 5.74) is 1.04. The van der Waals surface area contributed by atoms with Gasteiger partial charge in [-0.15, -0.1) is 0 Å². The lowest BCUT2D eigenvalue weighted by atomic mass is 10.1. The molecule has 0 aliphatic rings. The van der Waals surface area contributed by atoms with E-state index in [1.54, 1.807) is 18.2 Å². The van der Waals surface area contributed by atoms with Crippen molar-refractivity contribution in [2.24, 2.45) is 0 Å². The van der Waals surface area contributed by atoms with Crippen LogP contribution >= 0.6 is 0 Å². The van der Waals surface area contributed by atoms with Crippen LogP contribution in [0.25, 0.3) is 12.2 Å². The van der Waals surface area contributed by atoms with E-state index in [1.807, 2.05) is 0 Å². The molecule has 1 aromatic rings. The Morgan fingerprint density at radius 3 is 2.62 bits per heavy atom. The normalized spacial score (nSPS) is 11.0. The first-order valence-electron chi connectivity index (χ1n) is 6.17. The summed E-state index contributed by atoms with van der Waals surface area (Å²) in [7, 11) is 1.41. The van der Waals surface area contributed by atoms with Crippen LogP contribution in [0.15, 0.2) is 24.3 Å². The number of amides is 1. The molecule has 0 atom stereocenters. The molecule has 3 N–H and O–H groups in total. The van der Waals surface area contributed by atoms with E-state index in [0.717, 1.165) is 6.08 Å². The molecule has 0 saturated carbocycles. The summed E-state index contributed by atoms with van der Waals surface area (Å²) in [4.78, 5) is 21.3. The molecule has 0 radical (unpaired) electrons. The second kappa shape index (κ2) is 7.74. The van der Waals surface area contributed by atoms with Crippen LogP contribution in [0.2, 0.25) is 0 Å². The monoisotopic (exact) mass is 291 g/mol. The molecule has 112 valence electrons. The van der Waals surface area contributed by atoms with Crippen molar-refractivity contribution in [1.29, 1.82) is 0 Å². The number of benzene rings is 1. The number of hydrogen-bond donors (Lipinski definition) is 3. The van der Waals surface area contributed by atoms with Crippen molar-refractivity contribution >= 4 is 24.0 Å². The number of aliphatic carboxylic acids is 1. The summed E-state index contributed by atoms with van der Waals surface area (Å²) >= 11 is 0. The lowest BCUT2D eigenvalue weighted by molar-refractivity contribution is -0.131. The van der Waals surface area contributed by atoms with E-state index in [1.165, 1.54) is 26.2 Å². The van der Waals surface area contributed by atoms with E-state index in [4.69, 9.17) is 9.84 Å². The van der Waals surface area contributed by atoms with Crippen LogP contribution in [0.1, 0.15) is 18.1 Å². The zero-order valence-corrected chi connectivity index (χ0v) is 11.8. The maximum atomic E-state index is 10.7. The van der Waals surface area contributed by atoms with Gasteiger partial charge >= 0.3 is 5.97 Å². The second-order valence-corrected chi connectivity index (χ2v) is 4.17. The fraction of sp³-hybridized carbons (Fsp3) is 0.200. The number of hydrogen-bond acceptors (Lipinski definition) is 4. The molecule has 0 bridgehead atoms. The predicted octanol–water partition coefficient (Wildman–Crippen LogP) is 1.65. The van der Waals surface area contributed by atoms with Crippen LogP contribution in [0.3, 0.4) is 0 Å². The van der Waals surface area contributed by atoms with Crippen molar-refractivity contribution in [1.82, 2.24) is 5.32 Å². The molecule has 1 rings (SSSR count). The molecular formula is C15H17NO5. The fourth-order valence-corrected chi connectivity index (χ4v) is 1.59. The number of phenols is 1. The minimum Gasteiger partial charge on any atom is -0.504 e. The maximum absolute atomic E-state index is 10.7. The molecule has 0 unspecified atom stereocenters. The summed E-state index contributed by atoms with van der Waals surface area (Å²) in [6.45, 7) is 1.73. The zero-order valence-electron chi connectivity index (χ0n) is 11.8. The molecule has 0 aliphatic heterocycles. The van der Waals surface area contributed by atoms with Gasteiger partial charge in [-0.2, -0.15) is 0 Å². The van der Waals surface area contributed by atoms with Crippen LogP contribution in [0, 0.1) is 0 Å². The Balaban J connectivity index is 3.03. The van der Waals surface area contributed by atoms with Crippen molar-refractivity contribution in [2.45, 2.75) is 6.92 Å². The van der Waals surface area contributed by atoms with Crippen LogP contribution in [-0.2, 0) is 9.59 Å². The van der Waals surface area contributed by atoms with Crippen LogP contribution < -0.4 is 10.1 Å². The minimum absolute atomic E-state index is 0.0518. The molecule has 0 heterocycles. The van der Waals surface area contributed by atoms with E-state index in [2.05, 4.69) is 5.32 Å². The molecule has 0 spiro atoms. The lowest BCUT2D eigenvalue weighted by Gasteiger charge is -2.08. The number of carbonyl (C=O) groups is 2. The van der Waals surface area contributed by atoms with Crippen molar-refractivity contribution in [3.8, 4) is 11.5 Å². The van der Waals surface area contributed by atoms with E-state index in [9.17, 15) is 14.7 Å². The van der Waals surface area contributed by atoms with E-state index in [0.29, 0.717) is 17.7 Å². The highest BCUT2D eigenvalue weighted by Gasteiger charge is 2.07. The van der Waals surface area contributed by atoms with Gasteiger partial charge in [-0.25, -0.2) is 4.79 Å². The molecule has 0 aromatic heterocycles. The summed E-state index contributed by atoms with van der Waals surface area (Å²) in [6, 6.07) is 3.14. The quantitative estimate of drug-likeness (QED) is 0.693. The highest BCUT2D eigenvalue weighted by Crippen LogP contribution is 2.32. The number of aromatic hydroxyl groups is 1. The average Bonchev–Trinajstić information content (AvgIpc) is 2.43. The molecule has 0 aliphatic carbocycles. The molecule has 1 aromatic carbocycles. The van der Waals surface area contributed by atoms with Crippen molar-refractivity contribution in [3.05, 3.63) is 35.4 Å². The number of rotatable bonds is 6. The van der Waals surface area contributed by atoms with Gasteiger partial charge in [-0.05, 0) is 23.8 Å². The number of methoxy groups -OCH3 is 1. The predicted molar refractivity (Wildman–Crippen MR) is 79.0 cm³/mol. The number of ether oxygens (including phenoxy) is 1. The molecule has 0 saturated heterocycles. The van der Waals surface area contributed by atoms with Crippen LogP contribution in [0.4, 0.5) is 0 Å². The first kappa shape index (κ1) is 16.3. The Kier molecular flexibility index (Phi) is 6.00. The zero-order chi connectivity index (χ0) is 15.8. The smallest absolute Gasteiger partial charge is 0.328 e. The third kappa shape index (κ3) is 5.40. The van der Waals surface area contributed by atoms with E-state index >= 15 is 0 Å². The van der Waals surface area contributed by atoms with Crippen molar-refractivity contribution < 1.29 is 24.5 Å². The Bertz CT molecular complexity index is 590. The van der Waals surface area contributed by atoms with E-state index < -0.39 is 5.97 Å². The fourth-order valence-electron chi connectivity index (χ4n) is 1.59. The first-order chi connectivity index (χ1) is 9.93. The van der Waals surface area contributed by atoms with Gasteiger partial charge in [-0.3, -0.25) is 4.79 Å². The number of carboxylic acid groups (broad SMARTS) is 1. The number of carboxylic acids is 1. The SMILES string of the molecule is COc1cc(C=CC(=O)O)cc(C=CCNC(C)=O)c1O. The summed E-state index contributed by atoms with van der Waals surface area (Å²) in [5, 5.41) is 21.2. The average molecular weight is 291 g/mol. The summed E-state index contributed by atoms with van der Waals surface area (Å²) < 4.78 is 5.04. The number of nitrogens with one attached hydrogen (secondary N) is 1. The van der Waals surface area contributed by atoms with Crippen molar-refractivity contribution in [2.75, 3.05) is 13.7 Å². The third-order valence-electron chi connectivity index (χ3n) is 2.53. The van der Waals surface area contributed by atoms with Gasteiger partial charge in [0.2, 0.25) is 5.91 Å². The third-order valence-corrected chi connectivity index (χ3v) is 2.53. The molecule has 6 heteroatoms. The molecule has 1 amide bonds. The number of phenolic OH excluding ortho intramolecular Hbond substituents is 1. The standard InChI is InChI=1S/C15H17NO5/c1-10(17)16-7-3-4-12-8-11(5-6-14(18)19)9-13(21-2)15(12)20/h3-6,8-9,20H,7H2,1-2H3,(H,16,17)(H,18,19). The highest BCUT2D eigenvalue weighted by atomic mass is 16.5. The maximum Gasteiger partial charge on any atom is 0.328 e. The second-order valence-electron chi connectivity index (χ2n) is 4.17. The summed E-state index contributed by atoms with van der Waals surface area (Å²) in [5.74, 6) is -1.03. The van der Waals surface area contributed by atoms with Gasteiger partial charge < -0.3 is 20.3 Å². The first-order valence-corrected chi connectivity index (χ1v) is 6.17. The Hall–Kier alpha value is -2.76.